The van der Waals surface area contributed by atoms with Gasteiger partial charge in [-0.15, -0.1) is 6.58 Å². The number of sulfonamides is 1. The van der Waals surface area contributed by atoms with Gasteiger partial charge in [0.25, 0.3) is 0 Å². The van der Waals surface area contributed by atoms with Gasteiger partial charge < -0.3 is 4.74 Å². The number of nitrogens with one attached hydrogen (secondary N) is 1. The average molecular weight is 408 g/mol. The molecule has 0 aliphatic carbocycles. The molecule has 0 spiro atoms. The summed E-state index contributed by atoms with van der Waals surface area (Å²) in [6.07, 6.45) is 0.416. The van der Waals surface area contributed by atoms with Gasteiger partial charge in [-0.2, -0.15) is 0 Å². The van der Waals surface area contributed by atoms with Crippen molar-refractivity contribution in [3.05, 3.63) is 77.3 Å². The zero-order valence-electron chi connectivity index (χ0n) is 14.5. The largest absolute Gasteiger partial charge is 0.451 e. The molecule has 6 nitrogen and oxygen atoms in total. The standard InChI is InChI=1S/C19H18ClNO5S/c1-3-12-21-27(24,25)17-10-6-15(7-11-17)19(23)26-13(2)18(22)14-4-8-16(20)9-5-14/h3-11,13,21H,1,12H2,2H3/t13-/m0/s1. The summed E-state index contributed by atoms with van der Waals surface area (Å²) in [6, 6.07) is 11.5. The van der Waals surface area contributed by atoms with Crippen LogP contribution >= 0.6 is 11.6 Å². The Hall–Kier alpha value is -2.48. The highest BCUT2D eigenvalue weighted by Crippen LogP contribution is 2.15. The van der Waals surface area contributed by atoms with Crippen molar-refractivity contribution in [2.45, 2.75) is 17.9 Å². The number of ketones is 1. The molecule has 1 atom stereocenters. The summed E-state index contributed by atoms with van der Waals surface area (Å²) in [6.45, 7) is 5.00. The molecule has 0 unspecified atom stereocenters. The van der Waals surface area contributed by atoms with E-state index in [1.54, 1.807) is 24.3 Å². The minimum absolute atomic E-state index is 0.00573. The van der Waals surface area contributed by atoms with Crippen LogP contribution in [0.5, 0.6) is 0 Å². The third-order valence-corrected chi connectivity index (χ3v) is 5.29. The first-order valence-electron chi connectivity index (χ1n) is 7.96. The lowest BCUT2D eigenvalue weighted by molar-refractivity contribution is 0.0318. The number of hydrogen-bond donors (Lipinski definition) is 1. The van der Waals surface area contributed by atoms with Crippen LogP contribution in [0, 0.1) is 0 Å². The van der Waals surface area contributed by atoms with Gasteiger partial charge in [-0.25, -0.2) is 17.9 Å². The fraction of sp³-hybridized carbons (Fsp3) is 0.158. The van der Waals surface area contributed by atoms with Crippen molar-refractivity contribution in [1.29, 1.82) is 0 Å². The Morgan fingerprint density at radius 3 is 2.22 bits per heavy atom. The molecule has 0 bridgehead atoms. The predicted octanol–water partition coefficient (Wildman–Crippen LogP) is 3.23. The van der Waals surface area contributed by atoms with Crippen LogP contribution in [-0.4, -0.2) is 32.8 Å². The zero-order valence-corrected chi connectivity index (χ0v) is 16.1. The minimum Gasteiger partial charge on any atom is -0.451 e. The monoisotopic (exact) mass is 407 g/mol. The molecule has 8 heteroatoms. The van der Waals surface area contributed by atoms with Gasteiger partial charge in [0.05, 0.1) is 10.5 Å². The van der Waals surface area contributed by atoms with Gasteiger partial charge in [-0.05, 0) is 55.5 Å². The smallest absolute Gasteiger partial charge is 0.338 e. The summed E-state index contributed by atoms with van der Waals surface area (Å²) < 4.78 is 31.5. The molecule has 0 heterocycles. The van der Waals surface area contributed by atoms with Crippen LogP contribution in [0.3, 0.4) is 0 Å². The van der Waals surface area contributed by atoms with E-state index in [1.165, 1.54) is 37.3 Å². The van der Waals surface area contributed by atoms with Gasteiger partial charge in [0.15, 0.2) is 6.10 Å². The number of carbonyl (C=O) groups excluding carboxylic acids is 2. The highest BCUT2D eigenvalue weighted by atomic mass is 35.5. The second kappa shape index (κ2) is 8.94. The highest BCUT2D eigenvalue weighted by molar-refractivity contribution is 7.89. The Kier molecular flexibility index (Phi) is 6.90. The molecular weight excluding hydrogens is 390 g/mol. The molecule has 0 amide bonds. The molecule has 0 aromatic heterocycles. The second-order valence-electron chi connectivity index (χ2n) is 5.58. The van der Waals surface area contributed by atoms with Crippen LogP contribution in [0.25, 0.3) is 0 Å². The summed E-state index contributed by atoms with van der Waals surface area (Å²) in [5.74, 6) is -1.10. The zero-order chi connectivity index (χ0) is 20.0. The van der Waals surface area contributed by atoms with Crippen LogP contribution in [0.4, 0.5) is 0 Å². The summed E-state index contributed by atoms with van der Waals surface area (Å²) in [5, 5.41) is 0.494. The molecule has 0 fully saturated rings. The van der Waals surface area contributed by atoms with Crippen molar-refractivity contribution in [3.63, 3.8) is 0 Å². The van der Waals surface area contributed by atoms with Crippen molar-refractivity contribution in [2.75, 3.05) is 6.54 Å². The Morgan fingerprint density at radius 2 is 1.67 bits per heavy atom. The van der Waals surface area contributed by atoms with Crippen molar-refractivity contribution < 1.29 is 22.7 Å². The van der Waals surface area contributed by atoms with E-state index in [0.717, 1.165) is 0 Å². The molecule has 27 heavy (non-hydrogen) atoms. The number of halogens is 1. The van der Waals surface area contributed by atoms with Gasteiger partial charge in [0.1, 0.15) is 0 Å². The molecule has 142 valence electrons. The van der Waals surface area contributed by atoms with E-state index in [2.05, 4.69) is 11.3 Å². The van der Waals surface area contributed by atoms with Crippen LogP contribution in [-0.2, 0) is 14.8 Å². The fourth-order valence-electron chi connectivity index (χ4n) is 2.15. The van der Waals surface area contributed by atoms with E-state index in [-0.39, 0.29) is 22.8 Å². The van der Waals surface area contributed by atoms with E-state index in [1.807, 2.05) is 0 Å². The summed E-state index contributed by atoms with van der Waals surface area (Å²) in [7, 11) is -3.68. The Bertz CT molecular complexity index is 937. The molecule has 2 aromatic rings. The summed E-state index contributed by atoms with van der Waals surface area (Å²) >= 11 is 5.78. The van der Waals surface area contributed by atoms with Crippen LogP contribution in [0.1, 0.15) is 27.6 Å². The fourth-order valence-corrected chi connectivity index (χ4v) is 3.28. The molecule has 0 saturated carbocycles. The molecular formula is C19H18ClNO5S. The highest BCUT2D eigenvalue weighted by Gasteiger charge is 2.21. The number of Topliss-reactive ketones (excluding diaryl/α,β-unsaturated/α-hetero) is 1. The third-order valence-electron chi connectivity index (χ3n) is 3.60. The normalized spacial score (nSPS) is 12.2. The van der Waals surface area contributed by atoms with Crippen LogP contribution in [0.2, 0.25) is 5.02 Å². The number of benzene rings is 2. The SMILES string of the molecule is C=CCNS(=O)(=O)c1ccc(C(=O)O[C@@H](C)C(=O)c2ccc(Cl)cc2)cc1. The lowest BCUT2D eigenvalue weighted by Crippen LogP contribution is -2.25. The summed E-state index contributed by atoms with van der Waals surface area (Å²) in [4.78, 5) is 24.5. The first-order chi connectivity index (χ1) is 12.7. The number of carbonyl (C=O) groups is 2. The maximum atomic E-state index is 12.3. The van der Waals surface area contributed by atoms with Gasteiger partial charge >= 0.3 is 5.97 Å². The van der Waals surface area contributed by atoms with E-state index in [4.69, 9.17) is 16.3 Å². The molecule has 0 saturated heterocycles. The Labute approximate surface area is 162 Å². The quantitative estimate of drug-likeness (QED) is 0.412. The number of ether oxygens (including phenoxy) is 1. The lowest BCUT2D eigenvalue weighted by atomic mass is 10.1. The number of rotatable bonds is 8. The average Bonchev–Trinajstić information content (AvgIpc) is 2.66. The van der Waals surface area contributed by atoms with E-state index in [0.29, 0.717) is 10.6 Å². The van der Waals surface area contributed by atoms with Crippen molar-refractivity contribution >= 4 is 33.4 Å². The van der Waals surface area contributed by atoms with Crippen molar-refractivity contribution in [2.24, 2.45) is 0 Å². The number of esters is 1. The predicted molar refractivity (Wildman–Crippen MR) is 102 cm³/mol. The maximum absolute atomic E-state index is 12.3. The lowest BCUT2D eigenvalue weighted by Gasteiger charge is -2.13. The molecule has 0 aliphatic heterocycles. The van der Waals surface area contributed by atoms with Gasteiger partial charge in [0, 0.05) is 17.1 Å². The topological polar surface area (TPSA) is 89.5 Å². The molecule has 0 radical (unpaired) electrons. The third kappa shape index (κ3) is 5.50. The van der Waals surface area contributed by atoms with Crippen molar-refractivity contribution in [1.82, 2.24) is 4.72 Å². The van der Waals surface area contributed by atoms with Gasteiger partial charge in [0.2, 0.25) is 15.8 Å². The molecule has 2 aromatic carbocycles. The van der Waals surface area contributed by atoms with Gasteiger partial charge in [-0.1, -0.05) is 17.7 Å². The first-order valence-corrected chi connectivity index (χ1v) is 9.82. The van der Waals surface area contributed by atoms with E-state index >= 15 is 0 Å². The number of hydrogen-bond acceptors (Lipinski definition) is 5. The van der Waals surface area contributed by atoms with Crippen LogP contribution < -0.4 is 4.72 Å². The first kappa shape index (κ1) is 20.8. The van der Waals surface area contributed by atoms with Crippen molar-refractivity contribution in [3.8, 4) is 0 Å². The summed E-state index contributed by atoms with van der Waals surface area (Å²) in [5.41, 5.74) is 0.503. The Morgan fingerprint density at radius 1 is 1.11 bits per heavy atom. The minimum atomic E-state index is -3.68. The van der Waals surface area contributed by atoms with Gasteiger partial charge in [-0.3, -0.25) is 4.79 Å². The molecule has 2 rings (SSSR count). The second-order valence-corrected chi connectivity index (χ2v) is 7.79. The Balaban J connectivity index is 2.06. The van der Waals surface area contributed by atoms with E-state index < -0.39 is 22.1 Å². The van der Waals surface area contributed by atoms with Crippen LogP contribution in [0.15, 0.2) is 66.1 Å². The molecule has 1 N–H and O–H groups in total. The maximum Gasteiger partial charge on any atom is 0.338 e. The van der Waals surface area contributed by atoms with E-state index in [9.17, 15) is 18.0 Å². The molecule has 0 aliphatic rings.